The highest BCUT2D eigenvalue weighted by molar-refractivity contribution is 7.15. The molecule has 3 aromatic heterocycles. The molecule has 0 unspecified atom stereocenters. The predicted molar refractivity (Wildman–Crippen MR) is 203 cm³/mol. The van der Waals surface area contributed by atoms with Gasteiger partial charge in [-0.1, -0.05) is 84.8 Å². The van der Waals surface area contributed by atoms with Gasteiger partial charge in [0.2, 0.25) is 4.96 Å². The Kier molecular flexibility index (Phi) is 10.2. The maximum atomic E-state index is 13.6. The van der Waals surface area contributed by atoms with Gasteiger partial charge in [-0.15, -0.1) is 5.10 Å². The molecule has 0 atom stereocenters. The first-order chi connectivity index (χ1) is 25.0. The Morgan fingerprint density at radius 3 is 2.45 bits per heavy atom. The summed E-state index contributed by atoms with van der Waals surface area (Å²) in [5, 5.41) is 10.1. The van der Waals surface area contributed by atoms with Crippen molar-refractivity contribution in [2.24, 2.45) is 0 Å². The van der Waals surface area contributed by atoms with Gasteiger partial charge in [0, 0.05) is 27.9 Å². The van der Waals surface area contributed by atoms with Crippen LogP contribution in [0.2, 0.25) is 5.02 Å². The fraction of sp³-hybridized carbons (Fsp3) is 0.150. The standard InChI is InChI=1S/C40H34ClN5O4S/c1-3-4-22-49-34-20-14-27(23-35(34)48-2)15-21-37-42-40-46(43-37)39(47)36(51-40)24-30-25-45(31-11-6-5-7-12-31)44-38(30)28-16-18-32(19-17-28)50-26-29-10-8-9-13-33(29)41/h5-21,23-25H,3-4,22,26H2,1-2H3/b21-15+,36-24-. The Bertz CT molecular complexity index is 2420. The maximum absolute atomic E-state index is 13.6. The number of hydrogen-bond acceptors (Lipinski definition) is 8. The van der Waals surface area contributed by atoms with Crippen molar-refractivity contribution in [3.63, 3.8) is 0 Å². The molecule has 0 saturated carbocycles. The highest BCUT2D eigenvalue weighted by atomic mass is 35.5. The van der Waals surface area contributed by atoms with E-state index in [1.807, 2.05) is 120 Å². The summed E-state index contributed by atoms with van der Waals surface area (Å²) in [5.41, 5.74) is 4.83. The van der Waals surface area contributed by atoms with E-state index in [2.05, 4.69) is 17.0 Å². The number of unbranched alkanes of at least 4 members (excludes halogenated alkanes) is 1. The molecule has 256 valence electrons. The van der Waals surface area contributed by atoms with Crippen LogP contribution in [0.25, 0.3) is 40.1 Å². The lowest BCUT2D eigenvalue weighted by Crippen LogP contribution is -2.23. The van der Waals surface area contributed by atoms with E-state index in [4.69, 9.17) is 30.9 Å². The van der Waals surface area contributed by atoms with Crippen LogP contribution in [0.3, 0.4) is 0 Å². The number of para-hydroxylation sites is 1. The lowest BCUT2D eigenvalue weighted by atomic mass is 10.1. The van der Waals surface area contributed by atoms with Gasteiger partial charge in [-0.3, -0.25) is 4.79 Å². The van der Waals surface area contributed by atoms with Crippen LogP contribution in [-0.2, 0) is 6.61 Å². The topological polar surface area (TPSA) is 92.8 Å². The number of aromatic nitrogens is 5. The molecule has 0 bridgehead atoms. The number of benzene rings is 4. The van der Waals surface area contributed by atoms with Gasteiger partial charge in [-0.2, -0.15) is 14.6 Å². The Morgan fingerprint density at radius 2 is 1.69 bits per heavy atom. The minimum absolute atomic E-state index is 0.251. The molecular weight excluding hydrogens is 682 g/mol. The van der Waals surface area contributed by atoms with E-state index in [0.29, 0.717) is 50.8 Å². The summed E-state index contributed by atoms with van der Waals surface area (Å²) in [6, 6.07) is 30.9. The molecule has 7 aromatic rings. The SMILES string of the molecule is CCCCOc1ccc(/C=C/c2nc3s/c(=C\c4cn(-c5ccccc5)nc4-c4ccc(OCc5ccccc5Cl)cc4)c(=O)n3n2)cc1OC. The van der Waals surface area contributed by atoms with E-state index in [1.54, 1.807) is 13.2 Å². The number of fused-ring (bicyclic) bond motifs is 1. The van der Waals surface area contributed by atoms with Gasteiger partial charge >= 0.3 is 0 Å². The summed E-state index contributed by atoms with van der Waals surface area (Å²) in [5.74, 6) is 2.50. The van der Waals surface area contributed by atoms with Gasteiger partial charge in [0.05, 0.1) is 23.9 Å². The van der Waals surface area contributed by atoms with E-state index in [-0.39, 0.29) is 5.56 Å². The quantitative estimate of drug-likeness (QED) is 0.111. The number of methoxy groups -OCH3 is 1. The summed E-state index contributed by atoms with van der Waals surface area (Å²) < 4.78 is 21.0. The van der Waals surface area contributed by atoms with Crippen molar-refractivity contribution >= 4 is 46.1 Å². The molecule has 0 spiro atoms. The zero-order chi connectivity index (χ0) is 35.2. The van der Waals surface area contributed by atoms with E-state index in [0.717, 1.165) is 46.5 Å². The average molecular weight is 716 g/mol. The van der Waals surface area contributed by atoms with Crippen molar-refractivity contribution < 1.29 is 14.2 Å². The fourth-order valence-corrected chi connectivity index (χ4v) is 6.48. The van der Waals surface area contributed by atoms with Crippen molar-refractivity contribution in [1.29, 1.82) is 0 Å². The van der Waals surface area contributed by atoms with Crippen LogP contribution in [0.1, 0.15) is 42.3 Å². The third-order valence-corrected chi connectivity index (χ3v) is 9.42. The van der Waals surface area contributed by atoms with Crippen molar-refractivity contribution in [1.82, 2.24) is 24.4 Å². The minimum atomic E-state index is -0.251. The smallest absolute Gasteiger partial charge is 0.291 e. The van der Waals surface area contributed by atoms with Crippen LogP contribution in [0.15, 0.2) is 108 Å². The van der Waals surface area contributed by atoms with Crippen LogP contribution in [-0.4, -0.2) is 38.1 Å². The fourth-order valence-electron chi connectivity index (χ4n) is 5.38. The summed E-state index contributed by atoms with van der Waals surface area (Å²) in [6.45, 7) is 3.12. The second-order valence-electron chi connectivity index (χ2n) is 11.6. The third kappa shape index (κ3) is 7.72. The Hall–Kier alpha value is -5.71. The molecule has 0 N–H and O–H groups in total. The lowest BCUT2D eigenvalue weighted by molar-refractivity contribution is 0.288. The molecule has 0 amide bonds. The first-order valence-corrected chi connectivity index (χ1v) is 17.7. The van der Waals surface area contributed by atoms with Crippen LogP contribution in [0, 0.1) is 0 Å². The molecule has 11 heteroatoms. The molecule has 3 heterocycles. The van der Waals surface area contributed by atoms with Gasteiger partial charge in [-0.05, 0) is 78.7 Å². The summed E-state index contributed by atoms with van der Waals surface area (Å²) in [7, 11) is 1.62. The molecule has 9 nitrogen and oxygen atoms in total. The van der Waals surface area contributed by atoms with E-state index < -0.39 is 0 Å². The van der Waals surface area contributed by atoms with E-state index in [9.17, 15) is 4.79 Å². The molecule has 0 aliphatic carbocycles. The maximum Gasteiger partial charge on any atom is 0.291 e. The first kappa shape index (κ1) is 33.8. The van der Waals surface area contributed by atoms with Gasteiger partial charge < -0.3 is 14.2 Å². The Labute approximate surface area is 303 Å². The molecule has 0 aliphatic heterocycles. The average Bonchev–Trinajstić information content (AvgIpc) is 3.85. The zero-order valence-electron chi connectivity index (χ0n) is 28.0. The van der Waals surface area contributed by atoms with E-state index in [1.165, 1.54) is 15.9 Å². The van der Waals surface area contributed by atoms with Crippen molar-refractivity contribution in [2.75, 3.05) is 13.7 Å². The summed E-state index contributed by atoms with van der Waals surface area (Å²) in [4.78, 5) is 18.7. The Morgan fingerprint density at radius 1 is 0.882 bits per heavy atom. The van der Waals surface area contributed by atoms with Crippen molar-refractivity contribution in [2.45, 2.75) is 26.4 Å². The van der Waals surface area contributed by atoms with Gasteiger partial charge in [-0.25, -0.2) is 4.68 Å². The molecule has 0 saturated heterocycles. The molecule has 0 radical (unpaired) electrons. The Balaban J connectivity index is 1.15. The minimum Gasteiger partial charge on any atom is -0.493 e. The monoisotopic (exact) mass is 715 g/mol. The largest absolute Gasteiger partial charge is 0.493 e. The number of nitrogens with zero attached hydrogens (tertiary/aromatic N) is 5. The predicted octanol–water partition coefficient (Wildman–Crippen LogP) is 8.14. The molecule has 0 fully saturated rings. The molecule has 51 heavy (non-hydrogen) atoms. The second-order valence-corrected chi connectivity index (χ2v) is 13.1. The number of hydrogen-bond donors (Lipinski definition) is 0. The van der Waals surface area contributed by atoms with Gasteiger partial charge in [0.25, 0.3) is 5.56 Å². The third-order valence-electron chi connectivity index (χ3n) is 8.10. The van der Waals surface area contributed by atoms with Gasteiger partial charge in [0.1, 0.15) is 18.1 Å². The van der Waals surface area contributed by atoms with Crippen LogP contribution >= 0.6 is 22.9 Å². The first-order valence-electron chi connectivity index (χ1n) is 16.5. The summed E-state index contributed by atoms with van der Waals surface area (Å²) >= 11 is 7.58. The number of rotatable bonds is 13. The zero-order valence-corrected chi connectivity index (χ0v) is 29.6. The summed E-state index contributed by atoms with van der Waals surface area (Å²) in [6.07, 6.45) is 9.46. The lowest BCUT2D eigenvalue weighted by Gasteiger charge is -2.10. The highest BCUT2D eigenvalue weighted by Crippen LogP contribution is 2.30. The second kappa shape index (κ2) is 15.5. The molecular formula is C40H34ClN5O4S. The molecule has 7 rings (SSSR count). The van der Waals surface area contributed by atoms with Crippen LogP contribution in [0.4, 0.5) is 0 Å². The van der Waals surface area contributed by atoms with Gasteiger partial charge in [0.15, 0.2) is 17.3 Å². The number of thiazole rings is 1. The van der Waals surface area contributed by atoms with Crippen molar-refractivity contribution in [3.8, 4) is 34.2 Å². The molecule has 4 aromatic carbocycles. The van der Waals surface area contributed by atoms with E-state index >= 15 is 0 Å². The highest BCUT2D eigenvalue weighted by Gasteiger charge is 2.15. The van der Waals surface area contributed by atoms with Crippen LogP contribution in [0.5, 0.6) is 17.2 Å². The van der Waals surface area contributed by atoms with Crippen molar-refractivity contribution in [3.05, 3.63) is 146 Å². The number of ether oxygens (including phenoxy) is 3. The molecule has 0 aliphatic rings. The van der Waals surface area contributed by atoms with Crippen LogP contribution < -0.4 is 24.3 Å². The normalized spacial score (nSPS) is 11.9. The number of halogens is 1.